The molecule has 0 saturated carbocycles. The van der Waals surface area contributed by atoms with Gasteiger partial charge in [0.25, 0.3) is 0 Å². The molecule has 0 bridgehead atoms. The number of guanidine groups is 1. The second-order valence-electron chi connectivity index (χ2n) is 6.54. The minimum absolute atomic E-state index is 0.661. The molecule has 138 valence electrons. The van der Waals surface area contributed by atoms with Crippen molar-refractivity contribution in [2.75, 3.05) is 38.1 Å². The van der Waals surface area contributed by atoms with Crippen LogP contribution >= 0.6 is 0 Å². The van der Waals surface area contributed by atoms with Gasteiger partial charge in [0.15, 0.2) is 5.96 Å². The zero-order chi connectivity index (χ0) is 18.5. The van der Waals surface area contributed by atoms with Crippen LogP contribution in [0.25, 0.3) is 10.8 Å². The molecule has 3 aromatic rings. The van der Waals surface area contributed by atoms with Crippen LogP contribution in [0.4, 0.5) is 5.82 Å². The van der Waals surface area contributed by atoms with E-state index < -0.39 is 0 Å². The van der Waals surface area contributed by atoms with Crippen LogP contribution in [0.5, 0.6) is 0 Å². The monoisotopic (exact) mass is 360 g/mol. The molecule has 27 heavy (non-hydrogen) atoms. The molecular formula is C21H24N6. The number of hydrogen-bond donors (Lipinski definition) is 1. The molecule has 0 radical (unpaired) electrons. The fourth-order valence-corrected chi connectivity index (χ4v) is 3.51. The standard InChI is InChI=1S/C21H24N6/c1-22-21(25-16-19-18-7-3-2-6-17(18)9-11-23-19)27-14-12-26(13-15-27)20-8-4-5-10-24-20/h2-11H,12-16H2,1H3,(H,22,25). The number of aliphatic imine (C=N–C) groups is 1. The minimum Gasteiger partial charge on any atom is -0.353 e. The quantitative estimate of drug-likeness (QED) is 0.575. The van der Waals surface area contributed by atoms with Gasteiger partial charge in [0.1, 0.15) is 5.82 Å². The summed E-state index contributed by atoms with van der Waals surface area (Å²) in [5.74, 6) is 1.96. The fraction of sp³-hybridized carbons (Fsp3) is 0.286. The maximum Gasteiger partial charge on any atom is 0.194 e. The van der Waals surface area contributed by atoms with Gasteiger partial charge in [0, 0.05) is 51.0 Å². The van der Waals surface area contributed by atoms with E-state index in [0.717, 1.165) is 43.7 Å². The molecule has 1 aliphatic rings. The van der Waals surface area contributed by atoms with Gasteiger partial charge in [0.05, 0.1) is 12.2 Å². The van der Waals surface area contributed by atoms with Crippen LogP contribution in [0.15, 0.2) is 65.9 Å². The number of piperazine rings is 1. The summed E-state index contributed by atoms with van der Waals surface area (Å²) in [5.41, 5.74) is 1.04. The Bertz CT molecular complexity index is 911. The predicted molar refractivity (Wildman–Crippen MR) is 110 cm³/mol. The van der Waals surface area contributed by atoms with Crippen LogP contribution in [0, 0.1) is 0 Å². The fourth-order valence-electron chi connectivity index (χ4n) is 3.51. The Morgan fingerprint density at radius 3 is 2.56 bits per heavy atom. The summed E-state index contributed by atoms with van der Waals surface area (Å²) in [4.78, 5) is 18.1. The first-order chi connectivity index (χ1) is 13.3. The van der Waals surface area contributed by atoms with Crippen molar-refractivity contribution >= 4 is 22.5 Å². The van der Waals surface area contributed by atoms with Crippen molar-refractivity contribution in [1.29, 1.82) is 0 Å². The molecule has 4 rings (SSSR count). The third-order valence-corrected chi connectivity index (χ3v) is 4.93. The van der Waals surface area contributed by atoms with Crippen molar-refractivity contribution in [2.24, 2.45) is 4.99 Å². The van der Waals surface area contributed by atoms with Gasteiger partial charge >= 0.3 is 0 Å². The molecule has 1 saturated heterocycles. The maximum atomic E-state index is 4.56. The molecule has 0 atom stereocenters. The molecule has 6 nitrogen and oxygen atoms in total. The first-order valence-electron chi connectivity index (χ1n) is 9.29. The number of nitrogens with zero attached hydrogens (tertiary/aromatic N) is 5. The first kappa shape index (κ1) is 17.3. The minimum atomic E-state index is 0.661. The lowest BCUT2D eigenvalue weighted by Gasteiger charge is -2.37. The maximum absolute atomic E-state index is 4.56. The van der Waals surface area contributed by atoms with Crippen molar-refractivity contribution < 1.29 is 0 Å². The van der Waals surface area contributed by atoms with Crippen molar-refractivity contribution in [2.45, 2.75) is 6.54 Å². The number of rotatable bonds is 3. The van der Waals surface area contributed by atoms with E-state index >= 15 is 0 Å². The Hall–Kier alpha value is -3.15. The van der Waals surface area contributed by atoms with Gasteiger partial charge in [-0.2, -0.15) is 0 Å². The lowest BCUT2D eigenvalue weighted by atomic mass is 10.1. The van der Waals surface area contributed by atoms with Crippen molar-refractivity contribution in [1.82, 2.24) is 20.2 Å². The van der Waals surface area contributed by atoms with E-state index in [-0.39, 0.29) is 0 Å². The van der Waals surface area contributed by atoms with E-state index in [0.29, 0.717) is 6.54 Å². The van der Waals surface area contributed by atoms with Crippen LogP contribution in [-0.2, 0) is 6.54 Å². The number of hydrogen-bond acceptors (Lipinski definition) is 4. The summed E-state index contributed by atoms with van der Waals surface area (Å²) in [6.45, 7) is 4.36. The average Bonchev–Trinajstić information content (AvgIpc) is 2.75. The molecule has 0 unspecified atom stereocenters. The van der Waals surface area contributed by atoms with Gasteiger partial charge in [-0.1, -0.05) is 30.3 Å². The van der Waals surface area contributed by atoms with Crippen LogP contribution in [-0.4, -0.2) is 54.1 Å². The third kappa shape index (κ3) is 3.84. The molecular weight excluding hydrogens is 336 g/mol. The van der Waals surface area contributed by atoms with Gasteiger partial charge in [-0.3, -0.25) is 9.98 Å². The van der Waals surface area contributed by atoms with E-state index in [1.807, 2.05) is 37.6 Å². The van der Waals surface area contributed by atoms with Gasteiger partial charge in [-0.25, -0.2) is 4.98 Å². The van der Waals surface area contributed by atoms with Crippen molar-refractivity contribution in [3.8, 4) is 0 Å². The van der Waals surface area contributed by atoms with Crippen molar-refractivity contribution in [3.05, 3.63) is 66.6 Å². The topological polar surface area (TPSA) is 56.7 Å². The average molecular weight is 360 g/mol. The molecule has 0 amide bonds. The largest absolute Gasteiger partial charge is 0.353 e. The Balaban J connectivity index is 1.39. The number of fused-ring (bicyclic) bond motifs is 1. The summed E-state index contributed by atoms with van der Waals surface area (Å²) >= 11 is 0. The van der Waals surface area contributed by atoms with E-state index in [2.05, 4.69) is 60.4 Å². The number of aromatic nitrogens is 2. The van der Waals surface area contributed by atoms with Crippen LogP contribution in [0.1, 0.15) is 5.69 Å². The van der Waals surface area contributed by atoms with Crippen LogP contribution in [0.2, 0.25) is 0 Å². The molecule has 0 spiro atoms. The van der Waals surface area contributed by atoms with E-state index in [1.165, 1.54) is 10.8 Å². The molecule has 3 heterocycles. The Labute approximate surface area is 159 Å². The Morgan fingerprint density at radius 1 is 0.963 bits per heavy atom. The van der Waals surface area contributed by atoms with Crippen LogP contribution in [0.3, 0.4) is 0 Å². The number of benzene rings is 1. The number of anilines is 1. The highest BCUT2D eigenvalue weighted by Crippen LogP contribution is 2.16. The Kier molecular flexibility index (Phi) is 5.14. The summed E-state index contributed by atoms with van der Waals surface area (Å²) in [6.07, 6.45) is 3.72. The van der Waals surface area contributed by atoms with Gasteiger partial charge < -0.3 is 15.1 Å². The lowest BCUT2D eigenvalue weighted by molar-refractivity contribution is 0.371. The lowest BCUT2D eigenvalue weighted by Crippen LogP contribution is -2.52. The van der Waals surface area contributed by atoms with Crippen molar-refractivity contribution in [3.63, 3.8) is 0 Å². The number of nitrogens with one attached hydrogen (secondary N) is 1. The van der Waals surface area contributed by atoms with Gasteiger partial charge in [-0.15, -0.1) is 0 Å². The molecule has 1 fully saturated rings. The molecule has 1 N–H and O–H groups in total. The van der Waals surface area contributed by atoms with Gasteiger partial charge in [0.2, 0.25) is 0 Å². The normalized spacial score (nSPS) is 15.2. The molecule has 2 aromatic heterocycles. The predicted octanol–water partition coefficient (Wildman–Crippen LogP) is 2.53. The summed E-state index contributed by atoms with van der Waals surface area (Å²) in [7, 11) is 1.84. The molecule has 1 aromatic carbocycles. The van der Waals surface area contributed by atoms with E-state index in [9.17, 15) is 0 Å². The molecule has 0 aliphatic carbocycles. The molecule has 6 heteroatoms. The second-order valence-corrected chi connectivity index (χ2v) is 6.54. The third-order valence-electron chi connectivity index (χ3n) is 4.93. The summed E-state index contributed by atoms with van der Waals surface area (Å²) in [5, 5.41) is 5.88. The molecule has 1 aliphatic heterocycles. The van der Waals surface area contributed by atoms with Crippen LogP contribution < -0.4 is 10.2 Å². The summed E-state index contributed by atoms with van der Waals surface area (Å²) < 4.78 is 0. The van der Waals surface area contributed by atoms with E-state index in [4.69, 9.17) is 0 Å². The Morgan fingerprint density at radius 2 is 1.78 bits per heavy atom. The SMILES string of the molecule is CN=C(NCc1nccc2ccccc12)N1CCN(c2ccccn2)CC1. The zero-order valence-electron chi connectivity index (χ0n) is 15.5. The highest BCUT2D eigenvalue weighted by atomic mass is 15.4. The first-order valence-corrected chi connectivity index (χ1v) is 9.29. The highest BCUT2D eigenvalue weighted by molar-refractivity contribution is 5.85. The number of pyridine rings is 2. The second kappa shape index (κ2) is 8.03. The highest BCUT2D eigenvalue weighted by Gasteiger charge is 2.20. The smallest absolute Gasteiger partial charge is 0.194 e. The summed E-state index contributed by atoms with van der Waals surface area (Å²) in [6, 6.07) is 16.4. The van der Waals surface area contributed by atoms with E-state index in [1.54, 1.807) is 0 Å². The van der Waals surface area contributed by atoms with Gasteiger partial charge in [-0.05, 0) is 23.6 Å². The zero-order valence-corrected chi connectivity index (χ0v) is 15.5.